The summed E-state index contributed by atoms with van der Waals surface area (Å²) in [7, 11) is 0. The molecule has 0 spiro atoms. The lowest BCUT2D eigenvalue weighted by Gasteiger charge is -2.40. The van der Waals surface area contributed by atoms with Gasteiger partial charge in [-0.2, -0.15) is 0 Å². The molecule has 1 aliphatic heterocycles. The molecule has 1 aliphatic carbocycles. The lowest BCUT2D eigenvalue weighted by Crippen LogP contribution is -2.45. The summed E-state index contributed by atoms with van der Waals surface area (Å²) in [4.78, 5) is 0. The quantitative estimate of drug-likeness (QED) is 0.854. The van der Waals surface area contributed by atoms with E-state index in [-0.39, 0.29) is 6.23 Å². The van der Waals surface area contributed by atoms with Gasteiger partial charge < -0.3 is 4.74 Å². The van der Waals surface area contributed by atoms with E-state index in [1.54, 1.807) is 0 Å². The Morgan fingerprint density at radius 2 is 1.88 bits per heavy atom. The van der Waals surface area contributed by atoms with Crippen molar-refractivity contribution in [1.82, 2.24) is 5.32 Å². The molecule has 2 aliphatic rings. The molecule has 3 atom stereocenters. The fourth-order valence-electron chi connectivity index (χ4n) is 2.90. The van der Waals surface area contributed by atoms with E-state index in [0.29, 0.717) is 6.10 Å². The first kappa shape index (κ1) is 11.7. The van der Waals surface area contributed by atoms with Crippen molar-refractivity contribution in [2.45, 2.75) is 38.0 Å². The summed E-state index contributed by atoms with van der Waals surface area (Å²) in [6, 6.07) is 8.41. The smallest absolute Gasteiger partial charge is 0.134 e. The van der Waals surface area contributed by atoms with Crippen LogP contribution in [0.1, 0.15) is 37.5 Å². The summed E-state index contributed by atoms with van der Waals surface area (Å²) in [5.74, 6) is 0.732. The van der Waals surface area contributed by atoms with Crippen LogP contribution >= 0.6 is 15.9 Å². The molecular formula is C14H18BrNO. The maximum atomic E-state index is 6.19. The minimum Gasteiger partial charge on any atom is -0.356 e. The lowest BCUT2D eigenvalue weighted by molar-refractivity contribution is -0.109. The summed E-state index contributed by atoms with van der Waals surface area (Å²) in [5.41, 5.74) is 1.23. The molecule has 17 heavy (non-hydrogen) atoms. The zero-order valence-electron chi connectivity index (χ0n) is 9.86. The molecule has 1 heterocycles. The molecule has 2 fully saturated rings. The molecular weight excluding hydrogens is 278 g/mol. The van der Waals surface area contributed by atoms with E-state index in [9.17, 15) is 0 Å². The molecule has 1 aromatic rings. The third-order valence-corrected chi connectivity index (χ3v) is 4.42. The highest BCUT2D eigenvalue weighted by Crippen LogP contribution is 2.33. The van der Waals surface area contributed by atoms with Crippen LogP contribution in [0.25, 0.3) is 0 Å². The molecule has 0 aromatic heterocycles. The molecule has 1 saturated carbocycles. The molecule has 1 N–H and O–H groups in total. The number of benzene rings is 1. The fourth-order valence-corrected chi connectivity index (χ4v) is 3.17. The maximum absolute atomic E-state index is 6.19. The monoisotopic (exact) mass is 295 g/mol. The first-order chi connectivity index (χ1) is 8.33. The minimum atomic E-state index is 0.0856. The van der Waals surface area contributed by atoms with Gasteiger partial charge >= 0.3 is 0 Å². The zero-order valence-corrected chi connectivity index (χ0v) is 11.4. The SMILES string of the molecule is Brc1ccc(C2NC[C@H]3CCCC[C@@H]3O2)cc1. The average Bonchev–Trinajstić information content (AvgIpc) is 2.39. The van der Waals surface area contributed by atoms with E-state index in [0.717, 1.165) is 16.9 Å². The van der Waals surface area contributed by atoms with E-state index in [4.69, 9.17) is 4.74 Å². The van der Waals surface area contributed by atoms with Crippen molar-refractivity contribution in [1.29, 1.82) is 0 Å². The van der Waals surface area contributed by atoms with Crippen molar-refractivity contribution < 1.29 is 4.74 Å². The number of rotatable bonds is 1. The minimum absolute atomic E-state index is 0.0856. The Bertz CT molecular complexity index is 378. The zero-order chi connectivity index (χ0) is 11.7. The number of ether oxygens (including phenoxy) is 1. The predicted octanol–water partition coefficient (Wildman–Crippen LogP) is 3.63. The van der Waals surface area contributed by atoms with E-state index >= 15 is 0 Å². The second kappa shape index (κ2) is 5.09. The van der Waals surface area contributed by atoms with Crippen LogP contribution < -0.4 is 5.32 Å². The summed E-state index contributed by atoms with van der Waals surface area (Å²) in [5, 5.41) is 3.52. The van der Waals surface area contributed by atoms with Crippen molar-refractivity contribution in [3.8, 4) is 0 Å². The van der Waals surface area contributed by atoms with Gasteiger partial charge in [0, 0.05) is 11.0 Å². The Morgan fingerprint density at radius 1 is 1.12 bits per heavy atom. The summed E-state index contributed by atoms with van der Waals surface area (Å²) in [6.07, 6.45) is 5.81. The Morgan fingerprint density at radius 3 is 2.71 bits per heavy atom. The second-order valence-corrected chi connectivity index (χ2v) is 5.97. The molecule has 1 unspecified atom stereocenters. The number of halogens is 1. The van der Waals surface area contributed by atoms with Crippen LogP contribution in [0.4, 0.5) is 0 Å². The van der Waals surface area contributed by atoms with Crippen molar-refractivity contribution in [3.63, 3.8) is 0 Å². The van der Waals surface area contributed by atoms with Gasteiger partial charge in [-0.05, 0) is 36.5 Å². The van der Waals surface area contributed by atoms with Gasteiger partial charge in [0.25, 0.3) is 0 Å². The van der Waals surface area contributed by atoms with Crippen LogP contribution in [-0.4, -0.2) is 12.6 Å². The highest BCUT2D eigenvalue weighted by atomic mass is 79.9. The van der Waals surface area contributed by atoms with E-state index < -0.39 is 0 Å². The third kappa shape index (κ3) is 2.56. The average molecular weight is 296 g/mol. The van der Waals surface area contributed by atoms with Crippen LogP contribution in [0.15, 0.2) is 28.7 Å². The lowest BCUT2D eigenvalue weighted by atomic mass is 9.85. The van der Waals surface area contributed by atoms with Crippen LogP contribution in [0.2, 0.25) is 0 Å². The molecule has 0 radical (unpaired) electrons. The Balaban J connectivity index is 1.71. The topological polar surface area (TPSA) is 21.3 Å². The second-order valence-electron chi connectivity index (χ2n) is 5.06. The molecule has 0 amide bonds. The van der Waals surface area contributed by atoms with Gasteiger partial charge in [-0.25, -0.2) is 0 Å². The number of fused-ring (bicyclic) bond motifs is 1. The van der Waals surface area contributed by atoms with Gasteiger partial charge in [-0.3, -0.25) is 5.32 Å². The fraction of sp³-hybridized carbons (Fsp3) is 0.571. The van der Waals surface area contributed by atoms with Crippen molar-refractivity contribution in [3.05, 3.63) is 34.3 Å². The van der Waals surface area contributed by atoms with Gasteiger partial charge in [0.1, 0.15) is 6.23 Å². The maximum Gasteiger partial charge on any atom is 0.134 e. The number of hydrogen-bond donors (Lipinski definition) is 1. The van der Waals surface area contributed by atoms with Crippen LogP contribution in [0.5, 0.6) is 0 Å². The van der Waals surface area contributed by atoms with E-state index in [1.165, 1.54) is 31.2 Å². The highest BCUT2D eigenvalue weighted by Gasteiger charge is 2.33. The standard InChI is InChI=1S/C14H18BrNO/c15-12-7-5-10(6-8-12)14-16-9-11-3-1-2-4-13(11)17-14/h5-8,11,13-14,16H,1-4,9H2/t11-,13+,14?/m1/s1. The van der Waals surface area contributed by atoms with Gasteiger partial charge in [-0.15, -0.1) is 0 Å². The van der Waals surface area contributed by atoms with Gasteiger partial charge in [0.05, 0.1) is 6.10 Å². The van der Waals surface area contributed by atoms with Crippen molar-refractivity contribution in [2.24, 2.45) is 5.92 Å². The number of hydrogen-bond acceptors (Lipinski definition) is 2. The van der Waals surface area contributed by atoms with Gasteiger partial charge in [-0.1, -0.05) is 40.9 Å². The Labute approximate surface area is 111 Å². The van der Waals surface area contributed by atoms with Crippen LogP contribution in [0.3, 0.4) is 0 Å². The van der Waals surface area contributed by atoms with E-state index in [1.807, 2.05) is 0 Å². The molecule has 92 valence electrons. The first-order valence-corrected chi connectivity index (χ1v) is 7.26. The predicted molar refractivity (Wildman–Crippen MR) is 71.7 cm³/mol. The van der Waals surface area contributed by atoms with Crippen molar-refractivity contribution >= 4 is 15.9 Å². The normalized spacial score (nSPS) is 33.1. The molecule has 2 nitrogen and oxygen atoms in total. The van der Waals surface area contributed by atoms with Gasteiger partial charge in [0.15, 0.2) is 0 Å². The summed E-state index contributed by atoms with van der Waals surface area (Å²) < 4.78 is 7.31. The molecule has 3 heteroatoms. The highest BCUT2D eigenvalue weighted by molar-refractivity contribution is 9.10. The van der Waals surface area contributed by atoms with E-state index in [2.05, 4.69) is 45.5 Å². The summed E-state index contributed by atoms with van der Waals surface area (Å²) in [6.45, 7) is 1.10. The van der Waals surface area contributed by atoms with Crippen molar-refractivity contribution in [2.75, 3.05) is 6.54 Å². The molecule has 1 aromatic carbocycles. The molecule has 0 bridgehead atoms. The van der Waals surface area contributed by atoms with Crippen LogP contribution in [0, 0.1) is 5.92 Å². The Kier molecular flexibility index (Phi) is 3.50. The van der Waals surface area contributed by atoms with Gasteiger partial charge in [0.2, 0.25) is 0 Å². The van der Waals surface area contributed by atoms with Crippen LogP contribution in [-0.2, 0) is 4.74 Å². The largest absolute Gasteiger partial charge is 0.356 e. The third-order valence-electron chi connectivity index (χ3n) is 3.89. The Hall–Kier alpha value is -0.380. The number of nitrogens with one attached hydrogen (secondary N) is 1. The molecule has 1 saturated heterocycles. The summed E-state index contributed by atoms with van der Waals surface area (Å²) >= 11 is 3.46. The molecule has 3 rings (SSSR count). The first-order valence-electron chi connectivity index (χ1n) is 6.47.